The van der Waals surface area contributed by atoms with E-state index in [9.17, 15) is 9.59 Å². The summed E-state index contributed by atoms with van der Waals surface area (Å²) in [5, 5.41) is 6.01. The normalized spacial score (nSPS) is 12.1. The number of amides is 1. The Morgan fingerprint density at radius 3 is 2.61 bits per heavy atom. The Morgan fingerprint density at radius 2 is 1.83 bits per heavy atom. The van der Waals surface area contributed by atoms with Gasteiger partial charge in [0.2, 0.25) is 5.91 Å². The maximum absolute atomic E-state index is 12.3. The molecule has 0 saturated carbocycles. The average molecular weight is 310 g/mol. The molecule has 1 heterocycles. The minimum atomic E-state index is -0.391. The minimum Gasteiger partial charge on any atom is -0.374 e. The fourth-order valence-electron chi connectivity index (χ4n) is 2.41. The van der Waals surface area contributed by atoms with Crippen LogP contribution in [-0.2, 0) is 4.79 Å². The number of aryl methyl sites for hydroxylation is 1. The number of H-pyrrole nitrogens is 2. The van der Waals surface area contributed by atoms with Crippen LogP contribution in [0.1, 0.15) is 12.5 Å². The molecule has 1 aromatic heterocycles. The Labute approximate surface area is 132 Å². The first-order chi connectivity index (χ1) is 11.0. The van der Waals surface area contributed by atoms with E-state index in [0.717, 1.165) is 11.3 Å². The molecular formula is C17H18N4O2. The van der Waals surface area contributed by atoms with Crippen LogP contribution in [0.3, 0.4) is 0 Å². The van der Waals surface area contributed by atoms with Gasteiger partial charge in [-0.05, 0) is 49.7 Å². The lowest BCUT2D eigenvalue weighted by atomic mass is 10.2. The van der Waals surface area contributed by atoms with Crippen molar-refractivity contribution in [3.63, 3.8) is 0 Å². The monoisotopic (exact) mass is 310 g/mol. The van der Waals surface area contributed by atoms with E-state index in [1.807, 2.05) is 31.2 Å². The summed E-state index contributed by atoms with van der Waals surface area (Å²) in [5.74, 6) is -0.149. The Bertz CT molecular complexity index is 910. The van der Waals surface area contributed by atoms with Crippen LogP contribution in [-0.4, -0.2) is 21.9 Å². The second kappa shape index (κ2) is 6.00. The van der Waals surface area contributed by atoms with E-state index in [2.05, 4.69) is 20.6 Å². The van der Waals surface area contributed by atoms with Gasteiger partial charge in [0.05, 0.1) is 11.0 Å². The van der Waals surface area contributed by atoms with Crippen molar-refractivity contribution < 1.29 is 4.79 Å². The van der Waals surface area contributed by atoms with Crippen LogP contribution in [0.25, 0.3) is 11.0 Å². The number of rotatable bonds is 4. The van der Waals surface area contributed by atoms with Crippen molar-refractivity contribution in [2.24, 2.45) is 0 Å². The predicted molar refractivity (Wildman–Crippen MR) is 91.8 cm³/mol. The lowest BCUT2D eigenvalue weighted by molar-refractivity contribution is -0.116. The van der Waals surface area contributed by atoms with E-state index in [-0.39, 0.29) is 11.6 Å². The predicted octanol–water partition coefficient (Wildman–Crippen LogP) is 2.60. The van der Waals surface area contributed by atoms with Crippen LogP contribution in [0.5, 0.6) is 0 Å². The Kier molecular flexibility index (Phi) is 3.89. The van der Waals surface area contributed by atoms with Crippen molar-refractivity contribution in [3.8, 4) is 0 Å². The summed E-state index contributed by atoms with van der Waals surface area (Å²) in [4.78, 5) is 28.9. The van der Waals surface area contributed by atoms with E-state index >= 15 is 0 Å². The molecule has 0 aliphatic rings. The van der Waals surface area contributed by atoms with Crippen molar-refractivity contribution in [1.29, 1.82) is 0 Å². The van der Waals surface area contributed by atoms with Crippen LogP contribution >= 0.6 is 0 Å². The Hall–Kier alpha value is -3.02. The summed E-state index contributed by atoms with van der Waals surface area (Å²) in [5.41, 5.74) is 3.77. The van der Waals surface area contributed by atoms with Crippen molar-refractivity contribution in [2.45, 2.75) is 19.9 Å². The third-order valence-corrected chi connectivity index (χ3v) is 3.58. The molecule has 118 valence electrons. The molecule has 6 heteroatoms. The fraction of sp³-hybridized carbons (Fsp3) is 0.176. The molecule has 1 atom stereocenters. The first-order valence-corrected chi connectivity index (χ1v) is 7.37. The highest BCUT2D eigenvalue weighted by atomic mass is 16.2. The van der Waals surface area contributed by atoms with Crippen LogP contribution in [0, 0.1) is 6.92 Å². The molecule has 2 aromatic carbocycles. The molecule has 1 unspecified atom stereocenters. The minimum absolute atomic E-state index is 0.149. The number of carbonyl (C=O) groups excluding carboxylic acids is 1. The lowest BCUT2D eigenvalue weighted by Crippen LogP contribution is -2.31. The van der Waals surface area contributed by atoms with E-state index in [0.29, 0.717) is 16.7 Å². The standard InChI is InChI=1S/C17H18N4O2/c1-10-4-3-5-12(8-10)18-11(2)16(22)19-13-6-7-14-15(9-13)21-17(23)20-14/h3-9,11,18H,1-2H3,(H,19,22)(H2,20,21,23). The van der Waals surface area contributed by atoms with Crippen LogP contribution in [0.2, 0.25) is 0 Å². The summed E-state index contributed by atoms with van der Waals surface area (Å²) in [6.45, 7) is 3.80. The van der Waals surface area contributed by atoms with Crippen molar-refractivity contribution in [3.05, 3.63) is 58.5 Å². The topological polar surface area (TPSA) is 89.8 Å². The highest BCUT2D eigenvalue weighted by Crippen LogP contribution is 2.16. The summed E-state index contributed by atoms with van der Waals surface area (Å²) >= 11 is 0. The van der Waals surface area contributed by atoms with Crippen molar-refractivity contribution in [1.82, 2.24) is 9.97 Å². The second-order valence-electron chi connectivity index (χ2n) is 5.56. The smallest absolute Gasteiger partial charge is 0.323 e. The van der Waals surface area contributed by atoms with Gasteiger partial charge in [0, 0.05) is 11.4 Å². The molecule has 3 rings (SSSR count). The molecule has 0 saturated heterocycles. The molecule has 3 aromatic rings. The molecule has 0 fully saturated rings. The zero-order chi connectivity index (χ0) is 16.4. The fourth-order valence-corrected chi connectivity index (χ4v) is 2.41. The highest BCUT2D eigenvalue weighted by molar-refractivity contribution is 5.97. The molecule has 0 radical (unpaired) electrons. The Balaban J connectivity index is 1.70. The Morgan fingerprint density at radius 1 is 1.04 bits per heavy atom. The molecule has 0 bridgehead atoms. The molecule has 0 aliphatic carbocycles. The van der Waals surface area contributed by atoms with Crippen LogP contribution in [0.4, 0.5) is 11.4 Å². The van der Waals surface area contributed by atoms with Gasteiger partial charge < -0.3 is 20.6 Å². The van der Waals surface area contributed by atoms with Gasteiger partial charge in [0.1, 0.15) is 6.04 Å². The molecule has 23 heavy (non-hydrogen) atoms. The number of aromatic amines is 2. The number of nitrogens with one attached hydrogen (secondary N) is 4. The van der Waals surface area contributed by atoms with Gasteiger partial charge in [-0.15, -0.1) is 0 Å². The summed E-state index contributed by atoms with van der Waals surface area (Å²) < 4.78 is 0. The van der Waals surface area contributed by atoms with Gasteiger partial charge in [0.25, 0.3) is 0 Å². The first kappa shape index (κ1) is 14.9. The summed E-state index contributed by atoms with van der Waals surface area (Å²) in [6, 6.07) is 12.7. The summed E-state index contributed by atoms with van der Waals surface area (Å²) in [6.07, 6.45) is 0. The number of hydrogen-bond donors (Lipinski definition) is 4. The second-order valence-corrected chi connectivity index (χ2v) is 5.56. The van der Waals surface area contributed by atoms with Gasteiger partial charge in [0.15, 0.2) is 0 Å². The van der Waals surface area contributed by atoms with Gasteiger partial charge >= 0.3 is 5.69 Å². The molecule has 0 spiro atoms. The third kappa shape index (κ3) is 3.42. The number of anilines is 2. The van der Waals surface area contributed by atoms with E-state index < -0.39 is 6.04 Å². The maximum Gasteiger partial charge on any atom is 0.323 e. The van der Waals surface area contributed by atoms with E-state index in [1.54, 1.807) is 25.1 Å². The van der Waals surface area contributed by atoms with Gasteiger partial charge in [-0.25, -0.2) is 4.79 Å². The van der Waals surface area contributed by atoms with Crippen molar-refractivity contribution in [2.75, 3.05) is 10.6 Å². The highest BCUT2D eigenvalue weighted by Gasteiger charge is 2.13. The third-order valence-electron chi connectivity index (χ3n) is 3.58. The summed E-state index contributed by atoms with van der Waals surface area (Å²) in [7, 11) is 0. The van der Waals surface area contributed by atoms with Gasteiger partial charge in [-0.2, -0.15) is 0 Å². The zero-order valence-electron chi connectivity index (χ0n) is 12.9. The number of carbonyl (C=O) groups is 1. The molecule has 4 N–H and O–H groups in total. The quantitative estimate of drug-likeness (QED) is 0.597. The van der Waals surface area contributed by atoms with Crippen LogP contribution in [0.15, 0.2) is 47.3 Å². The molecule has 1 amide bonds. The van der Waals surface area contributed by atoms with Crippen LogP contribution < -0.4 is 16.3 Å². The molecule has 0 aliphatic heterocycles. The first-order valence-electron chi connectivity index (χ1n) is 7.37. The number of benzene rings is 2. The molecule has 6 nitrogen and oxygen atoms in total. The average Bonchev–Trinajstić information content (AvgIpc) is 2.86. The number of fused-ring (bicyclic) bond motifs is 1. The van der Waals surface area contributed by atoms with E-state index in [4.69, 9.17) is 0 Å². The van der Waals surface area contributed by atoms with Crippen molar-refractivity contribution >= 4 is 28.3 Å². The van der Waals surface area contributed by atoms with Gasteiger partial charge in [-0.1, -0.05) is 12.1 Å². The SMILES string of the molecule is Cc1cccc(NC(C)C(=O)Nc2ccc3[nH]c(=O)[nH]c3c2)c1. The largest absolute Gasteiger partial charge is 0.374 e. The number of aromatic nitrogens is 2. The lowest BCUT2D eigenvalue weighted by Gasteiger charge is -2.15. The number of hydrogen-bond acceptors (Lipinski definition) is 3. The maximum atomic E-state index is 12.3. The van der Waals surface area contributed by atoms with E-state index in [1.165, 1.54) is 0 Å². The molecular weight excluding hydrogens is 292 g/mol. The zero-order valence-corrected chi connectivity index (χ0v) is 12.9. The van der Waals surface area contributed by atoms with Gasteiger partial charge in [-0.3, -0.25) is 4.79 Å². The number of imidazole rings is 1.